The van der Waals surface area contributed by atoms with Gasteiger partial charge in [0.2, 0.25) is 0 Å². The predicted octanol–water partition coefficient (Wildman–Crippen LogP) is 0.498. The zero-order valence-corrected chi connectivity index (χ0v) is 13.2. The van der Waals surface area contributed by atoms with Gasteiger partial charge in [-0.05, 0) is 17.9 Å². The van der Waals surface area contributed by atoms with Crippen molar-refractivity contribution >= 4 is 36.0 Å². The fraction of sp³-hybridized carbons (Fsp3) is 0.308. The molecule has 1 unspecified atom stereocenters. The van der Waals surface area contributed by atoms with Crippen molar-refractivity contribution in [2.75, 3.05) is 6.61 Å². The summed E-state index contributed by atoms with van der Waals surface area (Å²) in [7, 11) is -1.08. The second-order valence-electron chi connectivity index (χ2n) is 4.46. The summed E-state index contributed by atoms with van der Waals surface area (Å²) in [6.07, 6.45) is 4.05. The zero-order chi connectivity index (χ0) is 17.2. The Hall–Kier alpha value is -2.17. The van der Waals surface area contributed by atoms with Crippen LogP contribution in [0.15, 0.2) is 34.8 Å². The highest BCUT2D eigenvalue weighted by molar-refractivity contribution is 7.13. The maximum atomic E-state index is 12.0. The van der Waals surface area contributed by atoms with Gasteiger partial charge in [-0.1, -0.05) is 23.4 Å². The van der Waals surface area contributed by atoms with E-state index in [1.54, 1.807) is 23.6 Å². The van der Waals surface area contributed by atoms with Crippen LogP contribution in [-0.2, 0) is 14.2 Å². The third-order valence-electron chi connectivity index (χ3n) is 2.65. The predicted molar refractivity (Wildman–Crippen MR) is 85.6 cm³/mol. The second kappa shape index (κ2) is 9.77. The molecule has 1 aromatic rings. The molecule has 1 aliphatic rings. The van der Waals surface area contributed by atoms with Crippen LogP contribution in [0.5, 0.6) is 0 Å². The Morgan fingerprint density at radius 3 is 2.74 bits per heavy atom. The number of nitrogens with one attached hydrogen (secondary N) is 1. The van der Waals surface area contributed by atoms with Crippen LogP contribution in [-0.4, -0.2) is 52.6 Å². The van der Waals surface area contributed by atoms with Crippen molar-refractivity contribution < 1.29 is 29.6 Å². The van der Waals surface area contributed by atoms with Crippen molar-refractivity contribution in [3.8, 4) is 0 Å². The smallest absolute Gasteiger partial charge is 0.478 e. The number of thiophene rings is 1. The first-order chi connectivity index (χ1) is 11.0. The number of aliphatic carboxylic acids is 1. The van der Waals surface area contributed by atoms with Gasteiger partial charge in [-0.15, -0.1) is 11.3 Å². The average Bonchev–Trinajstić information content (AvgIpc) is 2.92. The second-order valence-corrected chi connectivity index (χ2v) is 5.40. The van der Waals surface area contributed by atoms with Crippen LogP contribution in [0.2, 0.25) is 0 Å². The first-order valence-electron chi connectivity index (χ1n) is 6.66. The molecule has 4 N–H and O–H groups in total. The molecule has 23 heavy (non-hydrogen) atoms. The molecule has 0 saturated heterocycles. The van der Waals surface area contributed by atoms with E-state index in [0.29, 0.717) is 17.9 Å². The molecule has 0 fully saturated rings. The molecular weight excluding hydrogens is 323 g/mol. The number of carboxylic acids is 1. The van der Waals surface area contributed by atoms with Crippen LogP contribution in [0.3, 0.4) is 0 Å². The number of hydrogen-bond acceptors (Lipinski definition) is 7. The topological polar surface area (TPSA) is 128 Å². The minimum atomic E-state index is -1.08. The normalized spacial score (nSPS) is 17.7. The molecule has 1 amide bonds. The van der Waals surface area contributed by atoms with E-state index < -0.39 is 24.9 Å². The highest BCUT2D eigenvalue weighted by atomic mass is 32.1. The summed E-state index contributed by atoms with van der Waals surface area (Å²) in [5.74, 6) is -1.95. The molecule has 1 atom stereocenters. The SMILES string of the molecule is CC(=O)O.O=C(NC1CC=CCOB1O)/C(=N\O)c1cccs1. The minimum Gasteiger partial charge on any atom is -0.481 e. The Morgan fingerprint density at radius 2 is 2.17 bits per heavy atom. The van der Waals surface area contributed by atoms with Gasteiger partial charge < -0.3 is 25.3 Å². The van der Waals surface area contributed by atoms with Gasteiger partial charge in [0.05, 0.1) is 10.8 Å². The Bertz CT molecular complexity index is 571. The van der Waals surface area contributed by atoms with E-state index in [1.807, 2.05) is 6.08 Å². The Morgan fingerprint density at radius 1 is 1.48 bits per heavy atom. The van der Waals surface area contributed by atoms with E-state index in [1.165, 1.54) is 11.3 Å². The lowest BCUT2D eigenvalue weighted by atomic mass is 9.77. The van der Waals surface area contributed by atoms with Crippen molar-refractivity contribution in [1.82, 2.24) is 5.32 Å². The molecule has 1 aliphatic heterocycles. The molecule has 124 valence electrons. The van der Waals surface area contributed by atoms with E-state index in [9.17, 15) is 9.82 Å². The standard InChI is InChI=1S/C11H13BN2O4S.C2H4O2/c15-11(10(14-17)8-4-3-7-19-8)13-9-5-1-2-6-18-12(9)16;1-2(3)4/h1-4,7,9,16-17H,5-6H2,(H,13,15);1H3,(H,3,4)/b14-10-;. The summed E-state index contributed by atoms with van der Waals surface area (Å²) in [5.41, 5.74) is -0.0737. The van der Waals surface area contributed by atoms with E-state index in [-0.39, 0.29) is 5.71 Å². The van der Waals surface area contributed by atoms with Gasteiger partial charge in [-0.2, -0.15) is 0 Å². The number of carboxylic acid groups (broad SMARTS) is 1. The molecule has 0 radical (unpaired) electrons. The lowest BCUT2D eigenvalue weighted by Gasteiger charge is -2.17. The highest BCUT2D eigenvalue weighted by Crippen LogP contribution is 2.11. The fourth-order valence-corrected chi connectivity index (χ4v) is 2.39. The average molecular weight is 340 g/mol. The van der Waals surface area contributed by atoms with Crippen molar-refractivity contribution in [2.45, 2.75) is 19.3 Å². The molecule has 2 rings (SSSR count). The largest absolute Gasteiger partial charge is 0.481 e. The number of carbonyl (C=O) groups is 2. The highest BCUT2D eigenvalue weighted by Gasteiger charge is 2.30. The number of oxime groups is 1. The molecule has 10 heteroatoms. The molecule has 0 bridgehead atoms. The summed E-state index contributed by atoms with van der Waals surface area (Å²) in [4.78, 5) is 21.6. The fourth-order valence-electron chi connectivity index (χ4n) is 1.68. The number of hydrogen-bond donors (Lipinski definition) is 4. The van der Waals surface area contributed by atoms with E-state index in [0.717, 1.165) is 6.92 Å². The first-order valence-corrected chi connectivity index (χ1v) is 7.54. The van der Waals surface area contributed by atoms with Gasteiger partial charge in [0, 0.05) is 13.5 Å². The molecule has 2 heterocycles. The lowest BCUT2D eigenvalue weighted by Crippen LogP contribution is -2.49. The molecule has 8 nitrogen and oxygen atoms in total. The number of amides is 1. The summed E-state index contributed by atoms with van der Waals surface area (Å²) < 4.78 is 5.07. The zero-order valence-electron chi connectivity index (χ0n) is 12.4. The van der Waals surface area contributed by atoms with E-state index in [2.05, 4.69) is 10.5 Å². The molecule has 0 spiro atoms. The summed E-state index contributed by atoms with van der Waals surface area (Å²) in [6.45, 7) is 1.39. The quantitative estimate of drug-likeness (QED) is 0.209. The first kappa shape index (κ1) is 18.9. The van der Waals surface area contributed by atoms with Gasteiger partial charge in [0.1, 0.15) is 0 Å². The third-order valence-corrected chi connectivity index (χ3v) is 3.53. The van der Waals surface area contributed by atoms with Crippen molar-refractivity contribution in [1.29, 1.82) is 0 Å². The summed E-state index contributed by atoms with van der Waals surface area (Å²) >= 11 is 1.29. The van der Waals surface area contributed by atoms with Crippen molar-refractivity contribution in [3.63, 3.8) is 0 Å². The number of nitrogens with zero attached hydrogens (tertiary/aromatic N) is 1. The van der Waals surface area contributed by atoms with Gasteiger partial charge in [-0.25, -0.2) is 0 Å². The van der Waals surface area contributed by atoms with Crippen molar-refractivity contribution in [2.24, 2.45) is 5.16 Å². The molecule has 0 aliphatic carbocycles. The van der Waals surface area contributed by atoms with Crippen molar-refractivity contribution in [3.05, 3.63) is 34.5 Å². The third kappa shape index (κ3) is 6.64. The Kier molecular flexibility index (Phi) is 8.02. The number of carbonyl (C=O) groups excluding carboxylic acids is 1. The summed E-state index contributed by atoms with van der Waals surface area (Å²) in [5, 5.41) is 33.5. The van der Waals surface area contributed by atoms with Gasteiger partial charge in [0.15, 0.2) is 5.71 Å². The number of rotatable bonds is 3. The maximum Gasteiger partial charge on any atom is 0.478 e. The molecule has 0 saturated carbocycles. The monoisotopic (exact) mass is 340 g/mol. The van der Waals surface area contributed by atoms with Crippen LogP contribution < -0.4 is 5.32 Å². The van der Waals surface area contributed by atoms with Crippen LogP contribution in [0.25, 0.3) is 0 Å². The van der Waals surface area contributed by atoms with Crippen LogP contribution in [0, 0.1) is 0 Å². The minimum absolute atomic E-state index is 0.0737. The summed E-state index contributed by atoms with van der Waals surface area (Å²) in [6, 6.07) is 3.43. The van der Waals surface area contributed by atoms with E-state index >= 15 is 0 Å². The Labute approximate surface area is 137 Å². The molecular formula is C13H17BN2O6S. The van der Waals surface area contributed by atoms with Crippen LogP contribution in [0.1, 0.15) is 18.2 Å². The molecule has 0 aromatic carbocycles. The van der Waals surface area contributed by atoms with E-state index in [4.69, 9.17) is 19.8 Å². The van der Waals surface area contributed by atoms with Gasteiger partial charge >= 0.3 is 7.12 Å². The maximum absolute atomic E-state index is 12.0. The van der Waals surface area contributed by atoms with Crippen LogP contribution >= 0.6 is 11.3 Å². The Balaban J connectivity index is 0.000000593. The molecule has 1 aromatic heterocycles. The van der Waals surface area contributed by atoms with Gasteiger partial charge in [-0.3, -0.25) is 9.59 Å². The lowest BCUT2D eigenvalue weighted by molar-refractivity contribution is -0.134. The van der Waals surface area contributed by atoms with Gasteiger partial charge in [0.25, 0.3) is 11.9 Å². The van der Waals surface area contributed by atoms with Crippen LogP contribution in [0.4, 0.5) is 0 Å².